The number of hydrogen-bond acceptors (Lipinski definition) is 7. The molecule has 0 aliphatic heterocycles. The van der Waals surface area contributed by atoms with Gasteiger partial charge in [-0.15, -0.1) is 10.2 Å². The first-order chi connectivity index (χ1) is 12.5. The van der Waals surface area contributed by atoms with Gasteiger partial charge in [-0.25, -0.2) is 0 Å². The van der Waals surface area contributed by atoms with Crippen molar-refractivity contribution in [2.75, 3.05) is 7.05 Å². The van der Waals surface area contributed by atoms with Crippen LogP contribution in [0.25, 0.3) is 10.8 Å². The largest absolute Gasteiger partial charge is 0.506 e. The summed E-state index contributed by atoms with van der Waals surface area (Å²) < 4.78 is 0. The van der Waals surface area contributed by atoms with Crippen LogP contribution in [0.2, 0.25) is 0 Å². The average molecular weight is 350 g/mol. The molecule has 0 heterocycles. The summed E-state index contributed by atoms with van der Waals surface area (Å²) >= 11 is 0. The average Bonchev–Trinajstić information content (AvgIpc) is 2.62. The summed E-state index contributed by atoms with van der Waals surface area (Å²) in [6, 6.07) is 12.0. The lowest BCUT2D eigenvalue weighted by Crippen LogP contribution is -1.84. The predicted octanol–water partition coefficient (Wildman–Crippen LogP) is 5.18. The number of aryl methyl sites for hydroxylation is 1. The number of azo groups is 2. The molecule has 3 N–H and O–H groups in total. The van der Waals surface area contributed by atoms with Gasteiger partial charge in [0.25, 0.3) is 0 Å². The summed E-state index contributed by atoms with van der Waals surface area (Å²) in [5.74, 6) is -0.131. The van der Waals surface area contributed by atoms with Gasteiger partial charge in [-0.05, 0) is 24.4 Å². The molecule has 7 heteroatoms. The zero-order valence-electron chi connectivity index (χ0n) is 14.4. The molecule has 3 aromatic carbocycles. The van der Waals surface area contributed by atoms with Gasteiger partial charge in [0.15, 0.2) is 5.75 Å². The molecule has 0 fully saturated rings. The van der Waals surface area contributed by atoms with E-state index in [-0.39, 0.29) is 29.5 Å². The fourth-order valence-corrected chi connectivity index (χ4v) is 2.63. The number of phenols is 2. The van der Waals surface area contributed by atoms with E-state index in [1.165, 1.54) is 19.2 Å². The normalized spacial score (nSPS) is 11.8. The molecule has 26 heavy (non-hydrogen) atoms. The molecule has 3 rings (SSSR count). The molecule has 132 valence electrons. The Morgan fingerprint density at radius 1 is 0.846 bits per heavy atom. The lowest BCUT2D eigenvalue weighted by molar-refractivity contribution is 0.282. The van der Waals surface area contributed by atoms with Crippen molar-refractivity contribution < 1.29 is 15.3 Å². The van der Waals surface area contributed by atoms with Crippen LogP contribution in [0.15, 0.2) is 62.9 Å². The van der Waals surface area contributed by atoms with Crippen molar-refractivity contribution in [3.63, 3.8) is 0 Å². The molecule has 3 aromatic rings. The minimum absolute atomic E-state index is 0.0181. The standard InChI is InChI=1S/C19H18N4O3/c1-11-3-5-14-12(7-11)4-6-15(19(14)26)22-23-17-8-13(10-24)16(21-20-2)9-18(17)25/h3-9,24-26H,10H2,1-2H3. The molecular weight excluding hydrogens is 332 g/mol. The van der Waals surface area contributed by atoms with Crippen molar-refractivity contribution in [3.05, 3.63) is 53.6 Å². The van der Waals surface area contributed by atoms with Gasteiger partial charge < -0.3 is 15.3 Å². The molecule has 0 atom stereocenters. The molecule has 0 saturated heterocycles. The Labute approximate surface area is 150 Å². The third kappa shape index (κ3) is 3.38. The number of aliphatic hydroxyl groups is 1. The zero-order valence-corrected chi connectivity index (χ0v) is 14.4. The van der Waals surface area contributed by atoms with Gasteiger partial charge in [-0.2, -0.15) is 10.2 Å². The molecule has 0 amide bonds. The van der Waals surface area contributed by atoms with Crippen LogP contribution >= 0.6 is 0 Å². The van der Waals surface area contributed by atoms with Gasteiger partial charge >= 0.3 is 0 Å². The molecule has 0 aromatic heterocycles. The number of benzene rings is 3. The van der Waals surface area contributed by atoms with E-state index in [2.05, 4.69) is 20.5 Å². The van der Waals surface area contributed by atoms with E-state index in [9.17, 15) is 15.3 Å². The molecule has 0 unspecified atom stereocenters. The third-order valence-electron chi connectivity index (χ3n) is 3.94. The minimum Gasteiger partial charge on any atom is -0.506 e. The highest BCUT2D eigenvalue weighted by molar-refractivity contribution is 5.92. The van der Waals surface area contributed by atoms with E-state index in [4.69, 9.17) is 0 Å². The van der Waals surface area contributed by atoms with Gasteiger partial charge in [-0.1, -0.05) is 29.8 Å². The summed E-state index contributed by atoms with van der Waals surface area (Å²) in [5.41, 5.74) is 2.35. The Balaban J connectivity index is 2.01. The first-order valence-electron chi connectivity index (χ1n) is 7.94. The number of rotatable bonds is 4. The molecule has 0 spiro atoms. The van der Waals surface area contributed by atoms with Crippen LogP contribution in [-0.4, -0.2) is 22.4 Å². The van der Waals surface area contributed by atoms with Crippen LogP contribution in [0.4, 0.5) is 17.1 Å². The van der Waals surface area contributed by atoms with Gasteiger partial charge in [0.05, 0.1) is 12.3 Å². The Kier molecular flexibility index (Phi) is 4.90. The molecule has 7 nitrogen and oxygen atoms in total. The number of aromatic hydroxyl groups is 2. The fourth-order valence-electron chi connectivity index (χ4n) is 2.63. The second-order valence-corrected chi connectivity index (χ2v) is 5.79. The number of hydrogen-bond donors (Lipinski definition) is 3. The van der Waals surface area contributed by atoms with Crippen molar-refractivity contribution in [1.82, 2.24) is 0 Å². The third-order valence-corrected chi connectivity index (χ3v) is 3.94. The highest BCUT2D eigenvalue weighted by Crippen LogP contribution is 2.38. The topological polar surface area (TPSA) is 110 Å². The molecule has 0 aliphatic carbocycles. The van der Waals surface area contributed by atoms with Crippen molar-refractivity contribution >= 4 is 27.8 Å². The van der Waals surface area contributed by atoms with E-state index in [0.717, 1.165) is 10.9 Å². The van der Waals surface area contributed by atoms with E-state index >= 15 is 0 Å². The van der Waals surface area contributed by atoms with Crippen molar-refractivity contribution in [3.8, 4) is 11.5 Å². The second kappa shape index (κ2) is 7.28. The van der Waals surface area contributed by atoms with Crippen LogP contribution in [0.1, 0.15) is 11.1 Å². The van der Waals surface area contributed by atoms with Crippen molar-refractivity contribution in [2.24, 2.45) is 20.5 Å². The Morgan fingerprint density at radius 2 is 1.62 bits per heavy atom. The lowest BCUT2D eigenvalue weighted by Gasteiger charge is -2.06. The Bertz CT molecular complexity index is 1030. The molecule has 0 radical (unpaired) electrons. The van der Waals surface area contributed by atoms with Crippen molar-refractivity contribution in [2.45, 2.75) is 13.5 Å². The lowest BCUT2D eigenvalue weighted by atomic mass is 10.1. The van der Waals surface area contributed by atoms with Gasteiger partial charge in [-0.3, -0.25) is 0 Å². The van der Waals surface area contributed by atoms with Gasteiger partial charge in [0.2, 0.25) is 0 Å². The second-order valence-electron chi connectivity index (χ2n) is 5.79. The maximum Gasteiger partial charge on any atom is 0.150 e. The quantitative estimate of drug-likeness (QED) is 0.564. The highest BCUT2D eigenvalue weighted by Gasteiger charge is 2.10. The van der Waals surface area contributed by atoms with E-state index in [1.54, 1.807) is 6.07 Å². The minimum atomic E-state index is -0.280. The number of aliphatic hydroxyl groups excluding tert-OH is 1. The number of phenolic OH excluding ortho intramolecular Hbond substituents is 2. The summed E-state index contributed by atoms with van der Waals surface area (Å²) in [4.78, 5) is 0. The molecular formula is C19H18N4O3. The van der Waals surface area contributed by atoms with Crippen LogP contribution in [0, 0.1) is 6.92 Å². The maximum absolute atomic E-state index is 10.4. The Morgan fingerprint density at radius 3 is 2.35 bits per heavy atom. The van der Waals surface area contributed by atoms with Crippen LogP contribution in [0.3, 0.4) is 0 Å². The first-order valence-corrected chi connectivity index (χ1v) is 7.94. The monoisotopic (exact) mass is 350 g/mol. The summed E-state index contributed by atoms with van der Waals surface area (Å²) in [6.07, 6.45) is 0. The van der Waals surface area contributed by atoms with E-state index in [1.807, 2.05) is 31.2 Å². The van der Waals surface area contributed by atoms with E-state index < -0.39 is 0 Å². The van der Waals surface area contributed by atoms with E-state index in [0.29, 0.717) is 16.6 Å². The van der Waals surface area contributed by atoms with Gasteiger partial charge in [0.1, 0.15) is 17.1 Å². The SMILES string of the molecule is CN=Nc1cc(O)c(N=Nc2ccc3cc(C)ccc3c2O)cc1CO. The number of fused-ring (bicyclic) bond motifs is 1. The fraction of sp³-hybridized carbons (Fsp3) is 0.158. The Hall–Kier alpha value is -3.32. The molecule has 0 saturated carbocycles. The smallest absolute Gasteiger partial charge is 0.150 e. The highest BCUT2D eigenvalue weighted by atomic mass is 16.3. The molecule has 0 bridgehead atoms. The summed E-state index contributed by atoms with van der Waals surface area (Å²) in [5, 5.41) is 47.0. The van der Waals surface area contributed by atoms with Gasteiger partial charge in [0, 0.05) is 24.1 Å². The zero-order chi connectivity index (χ0) is 18.7. The predicted molar refractivity (Wildman–Crippen MR) is 99.0 cm³/mol. The summed E-state index contributed by atoms with van der Waals surface area (Å²) in [7, 11) is 1.50. The van der Waals surface area contributed by atoms with Crippen LogP contribution < -0.4 is 0 Å². The van der Waals surface area contributed by atoms with Crippen LogP contribution in [-0.2, 0) is 6.61 Å². The van der Waals surface area contributed by atoms with Crippen molar-refractivity contribution in [1.29, 1.82) is 0 Å². The molecule has 0 aliphatic rings. The number of nitrogens with zero attached hydrogens (tertiary/aromatic N) is 4. The first kappa shape index (κ1) is 17.5. The van der Waals surface area contributed by atoms with Crippen LogP contribution in [0.5, 0.6) is 11.5 Å². The summed E-state index contributed by atoms with van der Waals surface area (Å²) in [6.45, 7) is 1.70. The maximum atomic E-state index is 10.4.